The van der Waals surface area contributed by atoms with Gasteiger partial charge in [0.05, 0.1) is 10.7 Å². The first kappa shape index (κ1) is 10.2. The second-order valence-corrected chi connectivity index (χ2v) is 4.04. The van der Waals surface area contributed by atoms with Crippen molar-refractivity contribution >= 4 is 22.7 Å². The summed E-state index contributed by atoms with van der Waals surface area (Å²) in [6.07, 6.45) is 3.19. The average molecular weight is 246 g/mol. The molecule has 17 heavy (non-hydrogen) atoms. The van der Waals surface area contributed by atoms with Crippen molar-refractivity contribution in [1.82, 2.24) is 15.0 Å². The molecule has 3 rings (SSSR count). The molecule has 1 aromatic carbocycles. The Balaban J connectivity index is 2.25. The fraction of sp³-hybridized carbons (Fsp3) is 0.0833. The van der Waals surface area contributed by atoms with Crippen LogP contribution in [0.5, 0.6) is 0 Å². The summed E-state index contributed by atoms with van der Waals surface area (Å²) < 4.78 is 5.41. The first-order chi connectivity index (χ1) is 8.24. The predicted molar refractivity (Wildman–Crippen MR) is 64.8 cm³/mol. The Morgan fingerprint density at radius 3 is 2.94 bits per heavy atom. The van der Waals surface area contributed by atoms with Gasteiger partial charge in [-0.05, 0) is 18.2 Å². The van der Waals surface area contributed by atoms with Gasteiger partial charge in [0.1, 0.15) is 11.8 Å². The van der Waals surface area contributed by atoms with Crippen molar-refractivity contribution in [2.75, 3.05) is 0 Å². The average Bonchev–Trinajstić information content (AvgIpc) is 2.71. The third-order valence-corrected chi connectivity index (χ3v) is 2.71. The molecular weight excluding hydrogens is 238 g/mol. The molecule has 2 heterocycles. The van der Waals surface area contributed by atoms with Crippen LogP contribution in [-0.4, -0.2) is 15.0 Å². The monoisotopic (exact) mass is 245 g/mol. The lowest BCUT2D eigenvalue weighted by Gasteiger charge is -2.00. The van der Waals surface area contributed by atoms with Gasteiger partial charge in [-0.1, -0.05) is 11.6 Å². The van der Waals surface area contributed by atoms with E-state index in [-0.39, 0.29) is 0 Å². The molecule has 0 aliphatic carbocycles. The molecule has 0 atom stereocenters. The Morgan fingerprint density at radius 2 is 2.18 bits per heavy atom. The number of fused-ring (bicyclic) bond motifs is 1. The van der Waals surface area contributed by atoms with Gasteiger partial charge in [-0.25, -0.2) is 15.0 Å². The van der Waals surface area contributed by atoms with Crippen molar-refractivity contribution in [3.8, 4) is 11.3 Å². The van der Waals surface area contributed by atoms with Gasteiger partial charge in [0.2, 0.25) is 0 Å². The number of aromatic nitrogens is 3. The Bertz CT molecular complexity index is 679. The summed E-state index contributed by atoms with van der Waals surface area (Å²) in [4.78, 5) is 12.3. The van der Waals surface area contributed by atoms with Gasteiger partial charge in [-0.2, -0.15) is 0 Å². The van der Waals surface area contributed by atoms with Crippen LogP contribution in [0.25, 0.3) is 22.4 Å². The smallest absolute Gasteiger partial charge is 0.192 e. The van der Waals surface area contributed by atoms with E-state index in [1.54, 1.807) is 13.1 Å². The minimum Gasteiger partial charge on any atom is -0.439 e. The lowest BCUT2D eigenvalue weighted by atomic mass is 10.1. The summed E-state index contributed by atoms with van der Waals surface area (Å²) in [5.74, 6) is 0.599. The molecule has 0 saturated heterocycles. The number of halogens is 1. The zero-order chi connectivity index (χ0) is 11.8. The van der Waals surface area contributed by atoms with E-state index in [1.165, 1.54) is 6.33 Å². The van der Waals surface area contributed by atoms with Crippen molar-refractivity contribution in [3.63, 3.8) is 0 Å². The van der Waals surface area contributed by atoms with E-state index in [2.05, 4.69) is 15.0 Å². The Labute approximate surface area is 102 Å². The predicted octanol–water partition coefficient (Wildman–Crippen LogP) is 3.25. The molecule has 0 aliphatic rings. The van der Waals surface area contributed by atoms with E-state index >= 15 is 0 Å². The SMILES string of the molecule is Cc1nc2cc(-c3ccncn3)cc(Cl)c2o1. The molecule has 0 unspecified atom stereocenters. The van der Waals surface area contributed by atoms with Gasteiger partial charge in [0, 0.05) is 18.7 Å². The quantitative estimate of drug-likeness (QED) is 0.660. The molecule has 2 aromatic heterocycles. The Hall–Kier alpha value is -1.94. The molecule has 84 valence electrons. The van der Waals surface area contributed by atoms with Gasteiger partial charge < -0.3 is 4.42 Å². The van der Waals surface area contributed by atoms with E-state index in [9.17, 15) is 0 Å². The second-order valence-electron chi connectivity index (χ2n) is 3.63. The Morgan fingerprint density at radius 1 is 1.29 bits per heavy atom. The van der Waals surface area contributed by atoms with E-state index in [1.807, 2.05) is 18.2 Å². The number of benzene rings is 1. The summed E-state index contributed by atoms with van der Waals surface area (Å²) >= 11 is 6.15. The van der Waals surface area contributed by atoms with Crippen molar-refractivity contribution in [3.05, 3.63) is 41.6 Å². The fourth-order valence-electron chi connectivity index (χ4n) is 1.71. The van der Waals surface area contributed by atoms with E-state index in [0.717, 1.165) is 16.8 Å². The summed E-state index contributed by atoms with van der Waals surface area (Å²) in [6.45, 7) is 1.79. The van der Waals surface area contributed by atoms with Crippen LogP contribution >= 0.6 is 11.6 Å². The summed E-state index contributed by atoms with van der Waals surface area (Å²) in [5, 5.41) is 0.539. The first-order valence-corrected chi connectivity index (χ1v) is 5.45. The van der Waals surface area contributed by atoms with E-state index in [0.29, 0.717) is 16.5 Å². The van der Waals surface area contributed by atoms with Gasteiger partial charge in [-0.3, -0.25) is 0 Å². The number of aryl methyl sites for hydroxylation is 1. The number of hydrogen-bond donors (Lipinski definition) is 0. The van der Waals surface area contributed by atoms with Gasteiger partial charge in [-0.15, -0.1) is 0 Å². The minimum atomic E-state index is 0.539. The molecule has 0 bridgehead atoms. The molecule has 0 N–H and O–H groups in total. The molecule has 0 fully saturated rings. The topological polar surface area (TPSA) is 51.8 Å². The molecule has 4 nitrogen and oxygen atoms in total. The van der Waals surface area contributed by atoms with Crippen LogP contribution in [0.2, 0.25) is 5.02 Å². The van der Waals surface area contributed by atoms with Crippen LogP contribution in [0, 0.1) is 6.92 Å². The van der Waals surface area contributed by atoms with Crippen molar-refractivity contribution in [2.45, 2.75) is 6.92 Å². The molecule has 5 heteroatoms. The second kappa shape index (κ2) is 3.82. The highest BCUT2D eigenvalue weighted by atomic mass is 35.5. The molecule has 0 saturated carbocycles. The van der Waals surface area contributed by atoms with Crippen LogP contribution in [0.4, 0.5) is 0 Å². The van der Waals surface area contributed by atoms with Crippen LogP contribution in [-0.2, 0) is 0 Å². The molecule has 0 aliphatic heterocycles. The maximum absolute atomic E-state index is 6.15. The normalized spacial score (nSPS) is 10.9. The van der Waals surface area contributed by atoms with Gasteiger partial charge in [0.25, 0.3) is 0 Å². The lowest BCUT2D eigenvalue weighted by molar-refractivity contribution is 0.561. The number of rotatable bonds is 1. The van der Waals surface area contributed by atoms with E-state index < -0.39 is 0 Å². The highest BCUT2D eigenvalue weighted by Crippen LogP contribution is 2.29. The van der Waals surface area contributed by atoms with E-state index in [4.69, 9.17) is 16.0 Å². The third kappa shape index (κ3) is 1.76. The first-order valence-electron chi connectivity index (χ1n) is 5.07. The van der Waals surface area contributed by atoms with Crippen LogP contribution in [0.1, 0.15) is 5.89 Å². The van der Waals surface area contributed by atoms with Gasteiger partial charge in [0.15, 0.2) is 11.5 Å². The number of nitrogens with zero attached hydrogens (tertiary/aromatic N) is 3. The van der Waals surface area contributed by atoms with Crippen molar-refractivity contribution < 1.29 is 4.42 Å². The minimum absolute atomic E-state index is 0.539. The van der Waals surface area contributed by atoms with Crippen LogP contribution in [0.3, 0.4) is 0 Å². The molecule has 3 aromatic rings. The highest BCUT2D eigenvalue weighted by Gasteiger charge is 2.10. The lowest BCUT2D eigenvalue weighted by Crippen LogP contribution is -1.84. The zero-order valence-corrected chi connectivity index (χ0v) is 9.77. The fourth-order valence-corrected chi connectivity index (χ4v) is 1.97. The molecular formula is C12H8ClN3O. The summed E-state index contributed by atoms with van der Waals surface area (Å²) in [7, 11) is 0. The van der Waals surface area contributed by atoms with Crippen molar-refractivity contribution in [2.24, 2.45) is 0 Å². The van der Waals surface area contributed by atoms with Gasteiger partial charge >= 0.3 is 0 Å². The number of oxazole rings is 1. The molecule has 0 radical (unpaired) electrons. The molecule has 0 amide bonds. The largest absolute Gasteiger partial charge is 0.439 e. The third-order valence-electron chi connectivity index (χ3n) is 2.43. The summed E-state index contributed by atoms with van der Waals surface area (Å²) in [5.41, 5.74) is 3.06. The Kier molecular flexibility index (Phi) is 2.30. The maximum Gasteiger partial charge on any atom is 0.192 e. The van der Waals surface area contributed by atoms with Crippen LogP contribution in [0.15, 0.2) is 35.1 Å². The highest BCUT2D eigenvalue weighted by molar-refractivity contribution is 6.35. The van der Waals surface area contributed by atoms with Crippen molar-refractivity contribution in [1.29, 1.82) is 0 Å². The zero-order valence-electron chi connectivity index (χ0n) is 9.01. The maximum atomic E-state index is 6.15. The number of hydrogen-bond acceptors (Lipinski definition) is 4. The van der Waals surface area contributed by atoms with Crippen LogP contribution < -0.4 is 0 Å². The summed E-state index contributed by atoms with van der Waals surface area (Å²) in [6, 6.07) is 5.54. The molecule has 0 spiro atoms. The standard InChI is InChI=1S/C12H8ClN3O/c1-7-16-11-5-8(4-9(13)12(11)17-7)10-2-3-14-6-15-10/h2-6H,1H3.